The van der Waals surface area contributed by atoms with Gasteiger partial charge in [0.1, 0.15) is 6.04 Å². The van der Waals surface area contributed by atoms with Crippen molar-refractivity contribution in [3.8, 4) is 0 Å². The van der Waals surface area contributed by atoms with Crippen LogP contribution in [0.3, 0.4) is 0 Å². The Morgan fingerprint density at radius 3 is 2.35 bits per heavy atom. The number of carbonyl (C=O) groups is 4. The fourth-order valence-electron chi connectivity index (χ4n) is 2.17. The van der Waals surface area contributed by atoms with Gasteiger partial charge in [0, 0.05) is 10.0 Å². The Kier molecular flexibility index (Phi) is 8.77. The Labute approximate surface area is 159 Å². The van der Waals surface area contributed by atoms with Crippen molar-refractivity contribution in [1.82, 2.24) is 5.32 Å². The zero-order valence-electron chi connectivity index (χ0n) is 14.4. The summed E-state index contributed by atoms with van der Waals surface area (Å²) in [6.07, 6.45) is -0.525. The molecule has 0 aliphatic carbocycles. The van der Waals surface area contributed by atoms with Gasteiger partial charge in [-0.05, 0) is 32.0 Å². The summed E-state index contributed by atoms with van der Waals surface area (Å²) in [5.74, 6) is -5.23. The summed E-state index contributed by atoms with van der Waals surface area (Å²) in [7, 11) is 0. The highest BCUT2D eigenvalue weighted by molar-refractivity contribution is 9.10. The van der Waals surface area contributed by atoms with Crippen LogP contribution in [0.15, 0.2) is 28.7 Å². The van der Waals surface area contributed by atoms with E-state index >= 15 is 0 Å². The first-order chi connectivity index (χ1) is 12.3. The van der Waals surface area contributed by atoms with E-state index in [0.29, 0.717) is 4.47 Å². The highest BCUT2D eigenvalue weighted by Crippen LogP contribution is 2.16. The number of carboxylic acid groups (broad SMARTS) is 1. The molecule has 0 aliphatic rings. The van der Waals surface area contributed by atoms with Gasteiger partial charge in [0.25, 0.3) is 5.91 Å². The van der Waals surface area contributed by atoms with Gasteiger partial charge in [0.15, 0.2) is 0 Å². The van der Waals surface area contributed by atoms with Crippen LogP contribution >= 0.6 is 15.9 Å². The Hall–Kier alpha value is -2.42. The van der Waals surface area contributed by atoms with Crippen LogP contribution in [-0.2, 0) is 23.9 Å². The first-order valence-electron chi connectivity index (χ1n) is 7.91. The number of aliphatic carboxylic acids is 1. The van der Waals surface area contributed by atoms with Crippen LogP contribution in [0, 0.1) is 5.92 Å². The molecule has 8 nitrogen and oxygen atoms in total. The Balaban J connectivity index is 3.06. The quantitative estimate of drug-likeness (QED) is 0.573. The lowest BCUT2D eigenvalue weighted by atomic mass is 9.95. The lowest BCUT2D eigenvalue weighted by Gasteiger charge is -2.22. The van der Waals surface area contributed by atoms with Crippen molar-refractivity contribution in [3.63, 3.8) is 0 Å². The summed E-state index contributed by atoms with van der Waals surface area (Å²) in [5, 5.41) is 11.7. The van der Waals surface area contributed by atoms with Crippen LogP contribution < -0.4 is 5.32 Å². The third-order valence-corrected chi connectivity index (χ3v) is 3.82. The van der Waals surface area contributed by atoms with E-state index in [1.807, 2.05) is 0 Å². The number of amides is 1. The van der Waals surface area contributed by atoms with Gasteiger partial charge in [0.05, 0.1) is 25.6 Å². The van der Waals surface area contributed by atoms with Crippen molar-refractivity contribution in [2.24, 2.45) is 5.92 Å². The van der Waals surface area contributed by atoms with E-state index in [0.717, 1.165) is 0 Å². The number of esters is 2. The van der Waals surface area contributed by atoms with E-state index in [-0.39, 0.29) is 18.8 Å². The van der Waals surface area contributed by atoms with E-state index < -0.39 is 42.2 Å². The van der Waals surface area contributed by atoms with E-state index in [9.17, 15) is 24.3 Å². The van der Waals surface area contributed by atoms with E-state index in [1.54, 1.807) is 26.0 Å². The topological polar surface area (TPSA) is 119 Å². The molecule has 0 aromatic heterocycles. The highest BCUT2D eigenvalue weighted by atomic mass is 79.9. The van der Waals surface area contributed by atoms with Crippen LogP contribution in [-0.4, -0.2) is 48.2 Å². The van der Waals surface area contributed by atoms with E-state index in [1.165, 1.54) is 12.1 Å². The predicted octanol–water partition coefficient (Wildman–Crippen LogP) is 1.76. The molecule has 0 aliphatic heterocycles. The minimum absolute atomic E-state index is 0.00404. The SMILES string of the molecule is CCOC(=O)C[C@@H](C(=O)OCC)[C@H](NC(=O)c1cccc(Br)c1)C(=O)O. The molecule has 0 radical (unpaired) electrons. The average molecular weight is 430 g/mol. The molecule has 0 spiro atoms. The smallest absolute Gasteiger partial charge is 0.327 e. The van der Waals surface area contributed by atoms with Crippen molar-refractivity contribution in [2.45, 2.75) is 26.3 Å². The zero-order valence-corrected chi connectivity index (χ0v) is 15.9. The molecule has 0 saturated carbocycles. The molecule has 1 amide bonds. The molecule has 0 unspecified atom stereocenters. The van der Waals surface area contributed by atoms with E-state index in [4.69, 9.17) is 9.47 Å². The molecular formula is C17H20BrNO7. The lowest BCUT2D eigenvalue weighted by Crippen LogP contribution is -2.49. The number of benzene rings is 1. The second-order valence-electron chi connectivity index (χ2n) is 5.17. The lowest BCUT2D eigenvalue weighted by molar-refractivity contribution is -0.159. The molecule has 0 saturated heterocycles. The minimum Gasteiger partial charge on any atom is -0.480 e. The summed E-state index contributed by atoms with van der Waals surface area (Å²) >= 11 is 3.22. The number of carboxylic acids is 1. The molecule has 0 fully saturated rings. The molecule has 0 bridgehead atoms. The van der Waals surface area contributed by atoms with Crippen LogP contribution in [0.2, 0.25) is 0 Å². The fourth-order valence-corrected chi connectivity index (χ4v) is 2.57. The number of ether oxygens (including phenoxy) is 2. The van der Waals surface area contributed by atoms with Crippen molar-refractivity contribution in [3.05, 3.63) is 34.3 Å². The molecule has 2 N–H and O–H groups in total. The minimum atomic E-state index is -1.65. The highest BCUT2D eigenvalue weighted by Gasteiger charge is 2.38. The summed E-state index contributed by atoms with van der Waals surface area (Å²) in [5.41, 5.74) is 0.198. The van der Waals surface area contributed by atoms with Crippen LogP contribution in [0.1, 0.15) is 30.6 Å². The summed E-state index contributed by atoms with van der Waals surface area (Å²) < 4.78 is 10.3. The normalized spacial score (nSPS) is 12.6. The average Bonchev–Trinajstić information content (AvgIpc) is 2.58. The predicted molar refractivity (Wildman–Crippen MR) is 94.4 cm³/mol. The largest absolute Gasteiger partial charge is 0.480 e. The number of nitrogens with one attached hydrogen (secondary N) is 1. The first kappa shape index (κ1) is 21.6. The molecule has 9 heteroatoms. The van der Waals surface area contributed by atoms with Gasteiger partial charge >= 0.3 is 17.9 Å². The monoisotopic (exact) mass is 429 g/mol. The number of hydrogen-bond acceptors (Lipinski definition) is 6. The van der Waals surface area contributed by atoms with Crippen LogP contribution in [0.25, 0.3) is 0 Å². The molecular weight excluding hydrogens is 410 g/mol. The zero-order chi connectivity index (χ0) is 19.7. The molecule has 142 valence electrons. The fraction of sp³-hybridized carbons (Fsp3) is 0.412. The number of rotatable bonds is 9. The van der Waals surface area contributed by atoms with Gasteiger partial charge in [-0.2, -0.15) is 0 Å². The number of halogens is 1. The number of hydrogen-bond donors (Lipinski definition) is 2. The van der Waals surface area contributed by atoms with E-state index in [2.05, 4.69) is 21.2 Å². The molecule has 0 heterocycles. The summed E-state index contributed by atoms with van der Waals surface area (Å²) in [6.45, 7) is 3.22. The summed E-state index contributed by atoms with van der Waals surface area (Å²) in [4.78, 5) is 47.9. The van der Waals surface area contributed by atoms with Gasteiger partial charge in [0.2, 0.25) is 0 Å². The second kappa shape index (κ2) is 10.5. The van der Waals surface area contributed by atoms with Crippen molar-refractivity contribution in [2.75, 3.05) is 13.2 Å². The van der Waals surface area contributed by atoms with Crippen molar-refractivity contribution in [1.29, 1.82) is 0 Å². The second-order valence-corrected chi connectivity index (χ2v) is 6.08. The van der Waals surface area contributed by atoms with Gasteiger partial charge < -0.3 is 19.9 Å². The maximum atomic E-state index is 12.3. The molecule has 1 aromatic rings. The third-order valence-electron chi connectivity index (χ3n) is 3.32. The van der Waals surface area contributed by atoms with Crippen molar-refractivity contribution < 1.29 is 33.8 Å². The molecule has 1 rings (SSSR count). The Morgan fingerprint density at radius 2 is 1.81 bits per heavy atom. The molecule has 2 atom stereocenters. The van der Waals surface area contributed by atoms with Crippen molar-refractivity contribution >= 4 is 39.7 Å². The van der Waals surface area contributed by atoms with Gasteiger partial charge in [-0.3, -0.25) is 14.4 Å². The van der Waals surface area contributed by atoms with Gasteiger partial charge in [-0.25, -0.2) is 4.79 Å². The number of carbonyl (C=O) groups excluding carboxylic acids is 3. The maximum absolute atomic E-state index is 12.3. The maximum Gasteiger partial charge on any atom is 0.327 e. The van der Waals surface area contributed by atoms with Gasteiger partial charge in [-0.15, -0.1) is 0 Å². The summed E-state index contributed by atoms with van der Waals surface area (Å²) in [6, 6.07) is 4.65. The Bertz CT molecular complexity index is 677. The Morgan fingerprint density at radius 1 is 1.15 bits per heavy atom. The standard InChI is InChI=1S/C17H20BrNO7/c1-3-25-13(20)9-12(17(24)26-4-2)14(16(22)23)19-15(21)10-6-5-7-11(18)8-10/h5-8,12,14H,3-4,9H2,1-2H3,(H,19,21)(H,22,23)/t12-,14+/m1/s1. The van der Waals surface area contributed by atoms with Crippen LogP contribution in [0.4, 0.5) is 0 Å². The molecule has 1 aromatic carbocycles. The molecule has 26 heavy (non-hydrogen) atoms. The third kappa shape index (κ3) is 6.47. The van der Waals surface area contributed by atoms with Gasteiger partial charge in [-0.1, -0.05) is 22.0 Å². The van der Waals surface area contributed by atoms with Crippen LogP contribution in [0.5, 0.6) is 0 Å². The first-order valence-corrected chi connectivity index (χ1v) is 8.70.